The standard InChI is InChI=1S/C23H32O3SSi/c1-16(2)28(17(3)4,18(5)6)26-20-13-11-19(12-14-20)22(25)15-27-23-10-8-7-9-21(23)24/h7-14,16-18,24H,15H2,1-6H3. The lowest BCUT2D eigenvalue weighted by Gasteiger charge is -2.42. The first-order valence-corrected chi connectivity index (χ1v) is 13.0. The van der Waals surface area contributed by atoms with E-state index in [1.165, 1.54) is 11.8 Å². The first-order chi connectivity index (χ1) is 13.2. The van der Waals surface area contributed by atoms with Crippen LogP contribution in [0.4, 0.5) is 0 Å². The number of carbonyl (C=O) groups excluding carboxylic acids is 1. The van der Waals surface area contributed by atoms with Gasteiger partial charge in [0.2, 0.25) is 0 Å². The molecule has 2 rings (SSSR count). The molecule has 3 nitrogen and oxygen atoms in total. The third-order valence-corrected chi connectivity index (χ3v) is 12.5. The maximum atomic E-state index is 12.5. The lowest BCUT2D eigenvalue weighted by molar-refractivity contribution is 0.102. The largest absolute Gasteiger partial charge is 0.543 e. The Morgan fingerprint density at radius 1 is 0.929 bits per heavy atom. The SMILES string of the molecule is CC(C)[Si](Oc1ccc(C(=O)CSc2ccccc2O)cc1)(C(C)C)C(C)C. The van der Waals surface area contributed by atoms with Crippen molar-refractivity contribution in [3.05, 3.63) is 54.1 Å². The molecule has 152 valence electrons. The molecular formula is C23H32O3SSi. The van der Waals surface area contributed by atoms with E-state index in [4.69, 9.17) is 4.43 Å². The topological polar surface area (TPSA) is 46.5 Å². The summed E-state index contributed by atoms with van der Waals surface area (Å²) in [5, 5.41) is 9.83. The minimum Gasteiger partial charge on any atom is -0.543 e. The smallest absolute Gasteiger partial charge is 0.258 e. The molecule has 0 aliphatic carbocycles. The van der Waals surface area contributed by atoms with Gasteiger partial charge in [-0.05, 0) is 53.0 Å². The van der Waals surface area contributed by atoms with E-state index in [0.29, 0.717) is 27.9 Å². The summed E-state index contributed by atoms with van der Waals surface area (Å²) in [4.78, 5) is 13.2. The Morgan fingerprint density at radius 2 is 1.46 bits per heavy atom. The zero-order valence-corrected chi connectivity index (χ0v) is 19.5. The Labute approximate surface area is 174 Å². The zero-order chi connectivity index (χ0) is 20.9. The van der Waals surface area contributed by atoms with Crippen molar-refractivity contribution in [2.45, 2.75) is 63.1 Å². The molecule has 2 aromatic carbocycles. The van der Waals surface area contributed by atoms with Crippen LogP contribution >= 0.6 is 11.8 Å². The van der Waals surface area contributed by atoms with E-state index in [-0.39, 0.29) is 11.5 Å². The molecule has 0 aliphatic heterocycles. The van der Waals surface area contributed by atoms with E-state index in [1.54, 1.807) is 12.1 Å². The molecule has 5 heteroatoms. The highest BCUT2D eigenvalue weighted by atomic mass is 32.2. The molecular weight excluding hydrogens is 384 g/mol. The van der Waals surface area contributed by atoms with E-state index >= 15 is 0 Å². The third kappa shape index (κ3) is 5.00. The predicted molar refractivity (Wildman–Crippen MR) is 121 cm³/mol. The second kappa shape index (κ2) is 9.66. The molecule has 2 aromatic rings. The molecule has 1 N–H and O–H groups in total. The van der Waals surface area contributed by atoms with Gasteiger partial charge in [-0.25, -0.2) is 0 Å². The fourth-order valence-electron chi connectivity index (χ4n) is 4.07. The van der Waals surface area contributed by atoms with Gasteiger partial charge >= 0.3 is 0 Å². The Balaban J connectivity index is 2.10. The minimum atomic E-state index is -2.00. The number of rotatable bonds is 9. The average Bonchev–Trinajstić information content (AvgIpc) is 2.64. The van der Waals surface area contributed by atoms with Gasteiger partial charge < -0.3 is 9.53 Å². The summed E-state index contributed by atoms with van der Waals surface area (Å²) >= 11 is 1.35. The quantitative estimate of drug-likeness (QED) is 0.274. The first-order valence-electron chi connectivity index (χ1n) is 9.91. The molecule has 0 radical (unpaired) electrons. The summed E-state index contributed by atoms with van der Waals surface area (Å²) in [6.45, 7) is 13.6. The van der Waals surface area contributed by atoms with Crippen LogP contribution < -0.4 is 4.43 Å². The summed E-state index contributed by atoms with van der Waals surface area (Å²) < 4.78 is 6.66. The van der Waals surface area contributed by atoms with Crippen LogP contribution in [0.15, 0.2) is 53.4 Å². The molecule has 0 heterocycles. The first kappa shape index (κ1) is 22.6. The van der Waals surface area contributed by atoms with Crippen LogP contribution in [0, 0.1) is 0 Å². The zero-order valence-electron chi connectivity index (χ0n) is 17.7. The van der Waals surface area contributed by atoms with Crippen molar-refractivity contribution in [3.63, 3.8) is 0 Å². The molecule has 0 aliphatic rings. The maximum absolute atomic E-state index is 12.5. The van der Waals surface area contributed by atoms with Gasteiger partial charge in [0, 0.05) is 10.5 Å². The summed E-state index contributed by atoms with van der Waals surface area (Å²) in [5.41, 5.74) is 2.18. The van der Waals surface area contributed by atoms with Gasteiger partial charge in [-0.3, -0.25) is 4.79 Å². The van der Waals surface area contributed by atoms with Gasteiger partial charge in [-0.2, -0.15) is 0 Å². The molecule has 0 bridgehead atoms. The second-order valence-corrected chi connectivity index (χ2v) is 14.5. The predicted octanol–water partition coefficient (Wildman–Crippen LogP) is 6.92. The summed E-state index contributed by atoms with van der Waals surface area (Å²) in [6, 6.07) is 14.6. The number of ketones is 1. The van der Waals surface area contributed by atoms with E-state index in [0.717, 1.165) is 10.6 Å². The Bertz CT molecular complexity index is 763. The van der Waals surface area contributed by atoms with Gasteiger partial charge in [-0.1, -0.05) is 53.7 Å². The van der Waals surface area contributed by atoms with Crippen molar-refractivity contribution in [2.75, 3.05) is 5.75 Å². The Morgan fingerprint density at radius 3 is 1.96 bits per heavy atom. The van der Waals surface area contributed by atoms with Crippen LogP contribution in [0.1, 0.15) is 51.9 Å². The number of phenolic OH excluding ortho intramolecular Hbond substituents is 1. The number of hydrogen-bond donors (Lipinski definition) is 1. The number of carbonyl (C=O) groups is 1. The fraction of sp³-hybridized carbons (Fsp3) is 0.435. The Kier molecular flexibility index (Phi) is 7.78. The Hall–Kier alpha value is -1.72. The molecule has 0 saturated heterocycles. The van der Waals surface area contributed by atoms with E-state index in [1.807, 2.05) is 36.4 Å². The number of para-hydroxylation sites is 1. The summed E-state index contributed by atoms with van der Waals surface area (Å²) in [7, 11) is -2.00. The van der Waals surface area contributed by atoms with Gasteiger partial charge in [0.05, 0.1) is 5.75 Å². The van der Waals surface area contributed by atoms with Gasteiger partial charge in [-0.15, -0.1) is 11.8 Å². The highest BCUT2D eigenvalue weighted by molar-refractivity contribution is 8.00. The van der Waals surface area contributed by atoms with Crippen molar-refractivity contribution < 1.29 is 14.3 Å². The average molecular weight is 417 g/mol. The lowest BCUT2D eigenvalue weighted by Crippen LogP contribution is -2.50. The van der Waals surface area contributed by atoms with Gasteiger partial charge in [0.1, 0.15) is 11.5 Å². The van der Waals surface area contributed by atoms with Crippen molar-refractivity contribution in [1.29, 1.82) is 0 Å². The maximum Gasteiger partial charge on any atom is 0.258 e. The molecule has 0 spiro atoms. The number of Topliss-reactive ketones (excluding diaryl/α,β-unsaturated/α-hetero) is 1. The van der Waals surface area contributed by atoms with Crippen LogP contribution in [0.25, 0.3) is 0 Å². The van der Waals surface area contributed by atoms with Crippen LogP contribution in [-0.4, -0.2) is 25.0 Å². The van der Waals surface area contributed by atoms with Crippen molar-refractivity contribution >= 4 is 25.9 Å². The molecule has 28 heavy (non-hydrogen) atoms. The number of thioether (sulfide) groups is 1. The van der Waals surface area contributed by atoms with Crippen molar-refractivity contribution in [3.8, 4) is 11.5 Å². The van der Waals surface area contributed by atoms with Crippen LogP contribution in [0.5, 0.6) is 11.5 Å². The van der Waals surface area contributed by atoms with E-state index in [9.17, 15) is 9.90 Å². The monoisotopic (exact) mass is 416 g/mol. The minimum absolute atomic E-state index is 0.0416. The normalized spacial score (nSPS) is 12.0. The molecule has 0 atom stereocenters. The fourth-order valence-corrected chi connectivity index (χ4v) is 10.2. The van der Waals surface area contributed by atoms with E-state index < -0.39 is 8.32 Å². The summed E-state index contributed by atoms with van der Waals surface area (Å²) in [6.07, 6.45) is 0. The number of hydrogen-bond acceptors (Lipinski definition) is 4. The highest BCUT2D eigenvalue weighted by Gasteiger charge is 2.46. The van der Waals surface area contributed by atoms with Crippen molar-refractivity contribution in [1.82, 2.24) is 0 Å². The molecule has 0 amide bonds. The number of phenols is 1. The van der Waals surface area contributed by atoms with Crippen LogP contribution in [-0.2, 0) is 0 Å². The van der Waals surface area contributed by atoms with Crippen LogP contribution in [0.2, 0.25) is 16.6 Å². The molecule has 0 aromatic heterocycles. The molecule has 0 unspecified atom stereocenters. The van der Waals surface area contributed by atoms with Gasteiger partial charge in [0.25, 0.3) is 8.32 Å². The number of aromatic hydroxyl groups is 1. The van der Waals surface area contributed by atoms with Crippen molar-refractivity contribution in [2.24, 2.45) is 0 Å². The van der Waals surface area contributed by atoms with Crippen LogP contribution in [0.3, 0.4) is 0 Å². The number of benzene rings is 2. The van der Waals surface area contributed by atoms with Gasteiger partial charge in [0.15, 0.2) is 5.78 Å². The molecule has 0 fully saturated rings. The molecule has 0 saturated carbocycles. The lowest BCUT2D eigenvalue weighted by atomic mass is 10.1. The summed E-state index contributed by atoms with van der Waals surface area (Å²) in [5.74, 6) is 1.40. The highest BCUT2D eigenvalue weighted by Crippen LogP contribution is 2.42. The third-order valence-electron chi connectivity index (χ3n) is 5.40. The van der Waals surface area contributed by atoms with E-state index in [2.05, 4.69) is 41.5 Å². The second-order valence-electron chi connectivity index (χ2n) is 8.12.